The van der Waals surface area contributed by atoms with Crippen molar-refractivity contribution in [3.8, 4) is 11.5 Å². The molecule has 1 aromatic rings. The van der Waals surface area contributed by atoms with Gasteiger partial charge in [-0.15, -0.1) is 13.2 Å². The second-order valence-corrected chi connectivity index (χ2v) is 3.31. The molecule has 0 amide bonds. The first kappa shape index (κ1) is 14.9. The summed E-state index contributed by atoms with van der Waals surface area (Å²) in [5.74, 6) is -1.92. The number of pyridine rings is 1. The molecule has 0 saturated heterocycles. The summed E-state index contributed by atoms with van der Waals surface area (Å²) < 4.78 is 49.2. The third-order valence-electron chi connectivity index (χ3n) is 2.04. The molecular formula is C10H10F3NO5. The number of aromatic amines is 1. The number of halogens is 3. The smallest absolute Gasteiger partial charge is 0.491 e. The van der Waals surface area contributed by atoms with E-state index in [1.807, 2.05) is 0 Å². The first-order valence-corrected chi connectivity index (χ1v) is 4.89. The maximum atomic E-state index is 12.2. The van der Waals surface area contributed by atoms with Gasteiger partial charge in [-0.25, -0.2) is 0 Å². The van der Waals surface area contributed by atoms with Crippen LogP contribution >= 0.6 is 0 Å². The van der Waals surface area contributed by atoms with E-state index in [0.29, 0.717) is 0 Å². The van der Waals surface area contributed by atoms with Gasteiger partial charge in [-0.1, -0.05) is 0 Å². The van der Waals surface area contributed by atoms with Crippen LogP contribution in [-0.2, 0) is 16.0 Å². The molecule has 0 aromatic carbocycles. The second kappa shape index (κ2) is 5.63. The van der Waals surface area contributed by atoms with Crippen molar-refractivity contribution in [2.75, 3.05) is 14.2 Å². The van der Waals surface area contributed by atoms with Crippen LogP contribution in [0.5, 0.6) is 11.5 Å². The van der Waals surface area contributed by atoms with Gasteiger partial charge in [-0.2, -0.15) is 0 Å². The lowest BCUT2D eigenvalue weighted by Crippen LogP contribution is -2.22. The van der Waals surface area contributed by atoms with Gasteiger partial charge in [0.05, 0.1) is 26.3 Å². The summed E-state index contributed by atoms with van der Waals surface area (Å²) in [5, 5.41) is 0. The van der Waals surface area contributed by atoms with Crippen molar-refractivity contribution in [1.82, 2.24) is 4.98 Å². The Morgan fingerprint density at radius 3 is 2.42 bits per heavy atom. The Bertz CT molecular complexity index is 523. The Kier molecular flexibility index (Phi) is 4.41. The molecule has 19 heavy (non-hydrogen) atoms. The maximum Gasteiger partial charge on any atom is 0.573 e. The van der Waals surface area contributed by atoms with E-state index in [2.05, 4.69) is 19.2 Å². The minimum atomic E-state index is -4.96. The average molecular weight is 281 g/mol. The fourth-order valence-electron chi connectivity index (χ4n) is 1.25. The summed E-state index contributed by atoms with van der Waals surface area (Å²) in [6.45, 7) is 0. The Hall–Kier alpha value is -2.19. The standard InChI is InChI=1S/C10H10F3NO5/c1-17-7-4-6(19-10(11,12)13)5(14-9(7)16)3-8(15)18-2/h4H,3H2,1-2H3,(H,14,16). The van der Waals surface area contributed by atoms with E-state index in [4.69, 9.17) is 0 Å². The predicted molar refractivity (Wildman–Crippen MR) is 56.0 cm³/mol. The number of ether oxygens (including phenoxy) is 3. The number of aromatic nitrogens is 1. The number of hydrogen-bond acceptors (Lipinski definition) is 5. The van der Waals surface area contributed by atoms with Gasteiger partial charge in [0.15, 0.2) is 11.5 Å². The van der Waals surface area contributed by atoms with E-state index >= 15 is 0 Å². The Labute approximate surface area is 105 Å². The van der Waals surface area contributed by atoms with Gasteiger partial charge in [0, 0.05) is 6.07 Å². The van der Waals surface area contributed by atoms with Gasteiger partial charge in [-0.05, 0) is 0 Å². The molecule has 6 nitrogen and oxygen atoms in total. The van der Waals surface area contributed by atoms with Crippen LogP contribution in [0.4, 0.5) is 13.2 Å². The fraction of sp³-hybridized carbons (Fsp3) is 0.400. The number of H-pyrrole nitrogens is 1. The molecular weight excluding hydrogens is 271 g/mol. The molecule has 106 valence electrons. The molecule has 0 saturated carbocycles. The molecule has 0 unspecified atom stereocenters. The van der Waals surface area contributed by atoms with E-state index < -0.39 is 30.1 Å². The Balaban J connectivity index is 3.22. The molecule has 1 rings (SSSR count). The van der Waals surface area contributed by atoms with E-state index in [1.165, 1.54) is 0 Å². The fourth-order valence-corrected chi connectivity index (χ4v) is 1.25. The molecule has 9 heteroatoms. The monoisotopic (exact) mass is 281 g/mol. The van der Waals surface area contributed by atoms with Crippen molar-refractivity contribution >= 4 is 5.97 Å². The summed E-state index contributed by atoms with van der Waals surface area (Å²) in [6.07, 6.45) is -5.53. The van der Waals surface area contributed by atoms with Crippen LogP contribution in [0.25, 0.3) is 0 Å². The maximum absolute atomic E-state index is 12.2. The number of nitrogens with one attached hydrogen (secondary N) is 1. The molecule has 1 heterocycles. The zero-order chi connectivity index (χ0) is 14.6. The highest BCUT2D eigenvalue weighted by molar-refractivity contribution is 5.72. The zero-order valence-electron chi connectivity index (χ0n) is 9.96. The van der Waals surface area contributed by atoms with Crippen LogP contribution in [-0.4, -0.2) is 31.5 Å². The van der Waals surface area contributed by atoms with Crippen LogP contribution in [0.3, 0.4) is 0 Å². The highest BCUT2D eigenvalue weighted by Crippen LogP contribution is 2.27. The number of rotatable bonds is 4. The number of methoxy groups -OCH3 is 2. The van der Waals surface area contributed by atoms with Crippen molar-refractivity contribution in [3.05, 3.63) is 22.1 Å². The quantitative estimate of drug-likeness (QED) is 0.833. The zero-order valence-corrected chi connectivity index (χ0v) is 9.96. The third-order valence-corrected chi connectivity index (χ3v) is 2.04. The highest BCUT2D eigenvalue weighted by atomic mass is 19.4. The predicted octanol–water partition coefficient (Wildman–Crippen LogP) is 0.998. The van der Waals surface area contributed by atoms with Gasteiger partial charge in [0.2, 0.25) is 0 Å². The van der Waals surface area contributed by atoms with Gasteiger partial charge >= 0.3 is 12.3 Å². The first-order chi connectivity index (χ1) is 8.76. The molecule has 0 fully saturated rings. The SMILES string of the molecule is COC(=O)Cc1[nH]c(=O)c(OC)cc1OC(F)(F)F. The van der Waals surface area contributed by atoms with Crippen molar-refractivity contribution < 1.29 is 32.2 Å². The highest BCUT2D eigenvalue weighted by Gasteiger charge is 2.33. The largest absolute Gasteiger partial charge is 0.573 e. The number of carbonyl (C=O) groups excluding carboxylic acids is 1. The average Bonchev–Trinajstić information content (AvgIpc) is 2.30. The van der Waals surface area contributed by atoms with Crippen molar-refractivity contribution in [3.63, 3.8) is 0 Å². The van der Waals surface area contributed by atoms with Crippen LogP contribution < -0.4 is 15.0 Å². The summed E-state index contributed by atoms with van der Waals surface area (Å²) in [5.41, 5.74) is -1.13. The lowest BCUT2D eigenvalue weighted by molar-refractivity contribution is -0.275. The Morgan fingerprint density at radius 1 is 1.32 bits per heavy atom. The molecule has 0 aliphatic heterocycles. The Morgan fingerprint density at radius 2 is 1.95 bits per heavy atom. The molecule has 0 bridgehead atoms. The lowest BCUT2D eigenvalue weighted by atomic mass is 10.2. The van der Waals surface area contributed by atoms with Gasteiger partial charge in [-0.3, -0.25) is 9.59 Å². The minimum Gasteiger partial charge on any atom is -0.491 e. The number of alkyl halides is 3. The van der Waals surface area contributed by atoms with Crippen molar-refractivity contribution in [2.45, 2.75) is 12.8 Å². The molecule has 1 aromatic heterocycles. The van der Waals surface area contributed by atoms with E-state index in [-0.39, 0.29) is 11.4 Å². The van der Waals surface area contributed by atoms with Crippen molar-refractivity contribution in [1.29, 1.82) is 0 Å². The molecule has 0 spiro atoms. The van der Waals surface area contributed by atoms with E-state index in [9.17, 15) is 22.8 Å². The van der Waals surface area contributed by atoms with Crippen LogP contribution in [0.1, 0.15) is 5.69 Å². The third kappa shape index (κ3) is 4.19. The molecule has 0 aliphatic rings. The van der Waals surface area contributed by atoms with Crippen LogP contribution in [0.15, 0.2) is 10.9 Å². The summed E-state index contributed by atoms with van der Waals surface area (Å²) in [4.78, 5) is 24.5. The summed E-state index contributed by atoms with van der Waals surface area (Å²) in [7, 11) is 2.18. The van der Waals surface area contributed by atoms with E-state index in [0.717, 1.165) is 20.3 Å². The van der Waals surface area contributed by atoms with Gasteiger partial charge < -0.3 is 19.2 Å². The molecule has 1 N–H and O–H groups in total. The van der Waals surface area contributed by atoms with E-state index in [1.54, 1.807) is 0 Å². The van der Waals surface area contributed by atoms with Crippen LogP contribution in [0, 0.1) is 0 Å². The number of esters is 1. The normalized spacial score (nSPS) is 11.0. The van der Waals surface area contributed by atoms with Gasteiger partial charge in [0.1, 0.15) is 0 Å². The van der Waals surface area contributed by atoms with Crippen molar-refractivity contribution in [2.24, 2.45) is 0 Å². The lowest BCUT2D eigenvalue weighted by Gasteiger charge is -2.13. The van der Waals surface area contributed by atoms with Crippen LogP contribution in [0.2, 0.25) is 0 Å². The number of carbonyl (C=O) groups is 1. The summed E-state index contributed by atoms with van der Waals surface area (Å²) in [6, 6.07) is 0.755. The summed E-state index contributed by atoms with van der Waals surface area (Å²) >= 11 is 0. The minimum absolute atomic E-state index is 0.352. The van der Waals surface area contributed by atoms with Gasteiger partial charge in [0.25, 0.3) is 5.56 Å². The molecule has 0 atom stereocenters. The first-order valence-electron chi connectivity index (χ1n) is 4.89. The molecule has 0 radical (unpaired) electrons. The number of hydrogen-bond donors (Lipinski definition) is 1. The topological polar surface area (TPSA) is 77.6 Å². The second-order valence-electron chi connectivity index (χ2n) is 3.31. The molecule has 0 aliphatic carbocycles.